The maximum absolute atomic E-state index is 10.8. The van der Waals surface area contributed by atoms with E-state index in [2.05, 4.69) is 5.10 Å². The third-order valence-electron chi connectivity index (χ3n) is 3.50. The molecule has 0 saturated carbocycles. The number of nitrogens with one attached hydrogen (secondary N) is 1. The molecule has 6 heteroatoms. The van der Waals surface area contributed by atoms with Crippen LogP contribution in [0.15, 0.2) is 42.5 Å². The first-order valence-corrected chi connectivity index (χ1v) is 6.02. The van der Waals surface area contributed by atoms with E-state index in [1.807, 2.05) is 24.3 Å². The zero-order valence-corrected chi connectivity index (χ0v) is 10.2. The lowest BCUT2D eigenvalue weighted by Crippen LogP contribution is -1.97. The molecule has 0 spiro atoms. The van der Waals surface area contributed by atoms with Gasteiger partial charge in [0.25, 0.3) is 5.69 Å². The fourth-order valence-electron chi connectivity index (χ4n) is 2.60. The summed E-state index contributed by atoms with van der Waals surface area (Å²) in [6, 6.07) is 12.1. The average Bonchev–Trinajstić information content (AvgIpc) is 2.95. The van der Waals surface area contributed by atoms with Crippen LogP contribution in [0.4, 0.5) is 5.69 Å². The summed E-state index contributed by atoms with van der Waals surface area (Å²) in [6.07, 6.45) is 0. The first-order chi connectivity index (χ1) is 9.66. The minimum atomic E-state index is -0.452. The molecule has 0 fully saturated rings. The molecule has 0 amide bonds. The number of rotatable bonds is 1. The van der Waals surface area contributed by atoms with Crippen molar-refractivity contribution in [1.29, 1.82) is 5.41 Å². The average molecular weight is 264 g/mol. The van der Waals surface area contributed by atoms with Crippen LogP contribution in [0.25, 0.3) is 16.6 Å². The zero-order valence-electron chi connectivity index (χ0n) is 10.2. The summed E-state index contributed by atoms with van der Waals surface area (Å²) in [4.78, 5) is 10.4. The van der Waals surface area contributed by atoms with E-state index in [9.17, 15) is 10.1 Å². The molecule has 1 aliphatic rings. The Morgan fingerprint density at radius 3 is 2.80 bits per heavy atom. The smallest absolute Gasteiger partial charge is 0.270 e. The number of non-ortho nitro benzene ring substituents is 1. The molecule has 6 nitrogen and oxygen atoms in total. The highest BCUT2D eigenvalue weighted by Gasteiger charge is 2.29. The van der Waals surface area contributed by atoms with Crippen molar-refractivity contribution in [2.45, 2.75) is 0 Å². The number of nitro benzene ring substituents is 1. The lowest BCUT2D eigenvalue weighted by molar-refractivity contribution is -0.384. The Balaban J connectivity index is 2.04. The Morgan fingerprint density at radius 2 is 2.00 bits per heavy atom. The largest absolute Gasteiger partial charge is 0.298 e. The third-order valence-corrected chi connectivity index (χ3v) is 3.50. The highest BCUT2D eigenvalue weighted by molar-refractivity contribution is 6.21. The third kappa shape index (κ3) is 1.22. The van der Waals surface area contributed by atoms with Gasteiger partial charge >= 0.3 is 0 Å². The molecule has 0 unspecified atom stereocenters. The van der Waals surface area contributed by atoms with Gasteiger partial charge in [0.1, 0.15) is 5.69 Å². The van der Waals surface area contributed by atoms with Crippen molar-refractivity contribution in [1.82, 2.24) is 9.78 Å². The molecule has 1 N–H and O–H groups in total. The number of hydrogen-bond acceptors (Lipinski definition) is 4. The predicted octanol–water partition coefficient (Wildman–Crippen LogP) is 2.66. The van der Waals surface area contributed by atoms with E-state index < -0.39 is 4.92 Å². The molecule has 20 heavy (non-hydrogen) atoms. The highest BCUT2D eigenvalue weighted by atomic mass is 16.6. The SMILES string of the molecule is N=C1c2cc([N+](=O)[O-])ccc2-n2nc3ccccc3c21. The summed E-state index contributed by atoms with van der Waals surface area (Å²) in [5.41, 5.74) is 3.03. The molecule has 0 aliphatic carbocycles. The van der Waals surface area contributed by atoms with Gasteiger partial charge in [-0.1, -0.05) is 18.2 Å². The first-order valence-electron chi connectivity index (χ1n) is 6.02. The van der Waals surface area contributed by atoms with Gasteiger partial charge in [0, 0.05) is 23.1 Å². The van der Waals surface area contributed by atoms with E-state index in [0.29, 0.717) is 16.9 Å². The Hall–Kier alpha value is -3.02. The Kier molecular flexibility index (Phi) is 1.90. The van der Waals surface area contributed by atoms with E-state index in [-0.39, 0.29) is 11.4 Å². The Labute approximate surface area is 112 Å². The van der Waals surface area contributed by atoms with Gasteiger partial charge in [-0.2, -0.15) is 5.10 Å². The van der Waals surface area contributed by atoms with Crippen LogP contribution in [0.1, 0.15) is 11.3 Å². The van der Waals surface area contributed by atoms with Crippen molar-refractivity contribution in [3.8, 4) is 5.69 Å². The van der Waals surface area contributed by atoms with Gasteiger partial charge in [0.2, 0.25) is 0 Å². The molecule has 1 aliphatic heterocycles. The lowest BCUT2D eigenvalue weighted by atomic mass is 10.1. The summed E-state index contributed by atoms with van der Waals surface area (Å²) in [7, 11) is 0. The standard InChI is InChI=1S/C14H8N4O2/c15-13-10-7-8(18(19)20)5-6-12(10)17-14(13)9-3-1-2-4-11(9)16-17/h1-7,15H. The highest BCUT2D eigenvalue weighted by Crippen LogP contribution is 2.34. The van der Waals surface area contributed by atoms with Crippen molar-refractivity contribution < 1.29 is 4.92 Å². The number of fused-ring (bicyclic) bond motifs is 5. The number of hydrogen-bond donors (Lipinski definition) is 1. The first kappa shape index (κ1) is 10.9. The molecule has 4 rings (SSSR count). The van der Waals surface area contributed by atoms with E-state index in [1.165, 1.54) is 12.1 Å². The fourth-order valence-corrected chi connectivity index (χ4v) is 2.60. The molecular formula is C14H8N4O2. The van der Waals surface area contributed by atoms with Crippen molar-refractivity contribution in [3.63, 3.8) is 0 Å². The molecule has 1 aromatic heterocycles. The molecule has 0 bridgehead atoms. The van der Waals surface area contributed by atoms with Crippen LogP contribution in [0.5, 0.6) is 0 Å². The van der Waals surface area contributed by atoms with Crippen LogP contribution in [0.2, 0.25) is 0 Å². The summed E-state index contributed by atoms with van der Waals surface area (Å²) in [5.74, 6) is 0. The second-order valence-corrected chi connectivity index (χ2v) is 4.61. The van der Waals surface area contributed by atoms with Crippen molar-refractivity contribution in [3.05, 3.63) is 63.8 Å². The van der Waals surface area contributed by atoms with Crippen molar-refractivity contribution >= 4 is 22.3 Å². The quantitative estimate of drug-likeness (QED) is 0.423. The summed E-state index contributed by atoms with van der Waals surface area (Å²) in [5, 5.41) is 24.5. The second-order valence-electron chi connectivity index (χ2n) is 4.61. The summed E-state index contributed by atoms with van der Waals surface area (Å²) >= 11 is 0. The maximum atomic E-state index is 10.8. The van der Waals surface area contributed by atoms with Gasteiger partial charge < -0.3 is 0 Å². The van der Waals surface area contributed by atoms with E-state index in [4.69, 9.17) is 5.41 Å². The van der Waals surface area contributed by atoms with Crippen LogP contribution in [-0.2, 0) is 0 Å². The van der Waals surface area contributed by atoms with Crippen LogP contribution < -0.4 is 0 Å². The number of nitrogens with zero attached hydrogens (tertiary/aromatic N) is 3. The van der Waals surface area contributed by atoms with Crippen LogP contribution >= 0.6 is 0 Å². The van der Waals surface area contributed by atoms with Crippen LogP contribution in [-0.4, -0.2) is 20.4 Å². The fraction of sp³-hybridized carbons (Fsp3) is 0. The van der Waals surface area contributed by atoms with Gasteiger partial charge in [0.15, 0.2) is 0 Å². The Morgan fingerprint density at radius 1 is 1.20 bits per heavy atom. The van der Waals surface area contributed by atoms with E-state index >= 15 is 0 Å². The summed E-state index contributed by atoms with van der Waals surface area (Å²) in [6.45, 7) is 0. The topological polar surface area (TPSA) is 84.8 Å². The van der Waals surface area contributed by atoms with Gasteiger partial charge in [0.05, 0.1) is 21.8 Å². The van der Waals surface area contributed by atoms with Crippen LogP contribution in [0, 0.1) is 15.5 Å². The van der Waals surface area contributed by atoms with Gasteiger partial charge in [-0.05, 0) is 12.1 Å². The molecule has 0 saturated heterocycles. The normalized spacial score (nSPS) is 12.5. The van der Waals surface area contributed by atoms with E-state index in [1.54, 1.807) is 10.7 Å². The van der Waals surface area contributed by atoms with Crippen LogP contribution in [0.3, 0.4) is 0 Å². The Bertz CT molecular complexity index is 911. The van der Waals surface area contributed by atoms with E-state index in [0.717, 1.165) is 10.9 Å². The maximum Gasteiger partial charge on any atom is 0.270 e. The number of benzene rings is 2. The molecule has 3 aromatic rings. The molecule has 0 radical (unpaired) electrons. The number of aromatic nitrogens is 2. The monoisotopic (exact) mass is 264 g/mol. The number of nitro groups is 1. The van der Waals surface area contributed by atoms with Gasteiger partial charge in [-0.25, -0.2) is 4.68 Å². The molecule has 0 atom stereocenters. The molecule has 96 valence electrons. The van der Waals surface area contributed by atoms with Crippen molar-refractivity contribution in [2.75, 3.05) is 0 Å². The van der Waals surface area contributed by atoms with Gasteiger partial charge in [-0.15, -0.1) is 0 Å². The van der Waals surface area contributed by atoms with Gasteiger partial charge in [-0.3, -0.25) is 15.5 Å². The minimum Gasteiger partial charge on any atom is -0.298 e. The predicted molar refractivity (Wildman–Crippen MR) is 73.7 cm³/mol. The summed E-state index contributed by atoms with van der Waals surface area (Å²) < 4.78 is 1.69. The minimum absolute atomic E-state index is 0.0106. The van der Waals surface area contributed by atoms with Crippen molar-refractivity contribution in [2.24, 2.45) is 0 Å². The molecule has 2 heterocycles. The second kappa shape index (κ2) is 3.51. The molecule has 2 aromatic carbocycles. The molecular weight excluding hydrogens is 256 g/mol. The lowest BCUT2D eigenvalue weighted by Gasteiger charge is -1.99. The zero-order chi connectivity index (χ0) is 13.9.